The number of halogens is 4. The molecule has 0 N–H and O–H groups in total. The SMILES string of the molecule is CC(P(F)F)P(F)F. The number of hydrogen-bond donors (Lipinski definition) is 0. The van der Waals surface area contributed by atoms with E-state index in [2.05, 4.69) is 0 Å². The van der Waals surface area contributed by atoms with E-state index in [0.29, 0.717) is 0 Å². The molecule has 0 heterocycles. The van der Waals surface area contributed by atoms with Crippen LogP contribution in [0.25, 0.3) is 0 Å². The van der Waals surface area contributed by atoms with Crippen LogP contribution in [-0.4, -0.2) is 5.40 Å². The van der Waals surface area contributed by atoms with Crippen LogP contribution in [0.1, 0.15) is 6.92 Å². The predicted octanol–water partition coefficient (Wildman–Crippen LogP) is 3.83. The van der Waals surface area contributed by atoms with E-state index in [4.69, 9.17) is 0 Å². The fourth-order valence-electron chi connectivity index (χ4n) is 0.0660. The predicted molar refractivity (Wildman–Crippen MR) is 27.7 cm³/mol. The van der Waals surface area contributed by atoms with Gasteiger partial charge in [0.15, 0.2) is 0 Å². The summed E-state index contributed by atoms with van der Waals surface area (Å²) in [5.74, 6) is 0. The lowest BCUT2D eigenvalue weighted by atomic mass is 11.0. The molecule has 0 unspecified atom stereocenters. The van der Waals surface area contributed by atoms with Crippen molar-refractivity contribution in [2.45, 2.75) is 12.3 Å². The van der Waals surface area contributed by atoms with Crippen molar-refractivity contribution >= 4 is 17.1 Å². The van der Waals surface area contributed by atoms with Gasteiger partial charge in [0.1, 0.15) is 5.40 Å². The average molecular weight is 166 g/mol. The van der Waals surface area contributed by atoms with Gasteiger partial charge in [-0.2, -0.15) is 16.8 Å². The third-order valence-corrected chi connectivity index (χ3v) is 2.74. The van der Waals surface area contributed by atoms with Gasteiger partial charge < -0.3 is 0 Å². The number of rotatable bonds is 2. The smallest absolute Gasteiger partial charge is 0.188 e. The molecule has 50 valence electrons. The first-order chi connectivity index (χ1) is 3.55. The van der Waals surface area contributed by atoms with Gasteiger partial charge in [0.2, 0.25) is 0 Å². The molecule has 0 aliphatic rings. The first-order valence-corrected chi connectivity index (χ1v) is 4.15. The van der Waals surface area contributed by atoms with Gasteiger partial charge in [-0.25, -0.2) is 0 Å². The minimum absolute atomic E-state index is 0.872. The summed E-state index contributed by atoms with van der Waals surface area (Å²) in [6.07, 6.45) is 0. The maximum Gasteiger partial charge on any atom is 0.278 e. The first-order valence-electron chi connectivity index (χ1n) is 1.77. The summed E-state index contributed by atoms with van der Waals surface area (Å²) in [6.45, 7) is 0.872. The highest BCUT2D eigenvalue weighted by Crippen LogP contribution is 2.61. The first kappa shape index (κ1) is 8.58. The molecule has 0 amide bonds. The Morgan fingerprint density at radius 2 is 1.25 bits per heavy atom. The van der Waals surface area contributed by atoms with Gasteiger partial charge in [-0.05, 0) is 6.92 Å². The second-order valence-electron chi connectivity index (χ2n) is 1.15. The van der Waals surface area contributed by atoms with Crippen LogP contribution in [-0.2, 0) is 0 Å². The Bertz CT molecular complexity index is 57.1. The van der Waals surface area contributed by atoms with Crippen molar-refractivity contribution < 1.29 is 16.8 Å². The van der Waals surface area contributed by atoms with Crippen LogP contribution in [0.5, 0.6) is 0 Å². The molecule has 0 aromatic carbocycles. The lowest BCUT2D eigenvalue weighted by Crippen LogP contribution is -1.82. The Labute approximate surface area is 47.3 Å². The molecule has 0 aliphatic heterocycles. The minimum atomic E-state index is -3.42. The minimum Gasteiger partial charge on any atom is -0.188 e. The molecule has 6 heteroatoms. The topological polar surface area (TPSA) is 0 Å². The average Bonchev–Trinajstić information content (AvgIpc) is 1.64. The normalized spacial score (nSPS) is 12.0. The molecule has 0 radical (unpaired) electrons. The van der Waals surface area contributed by atoms with E-state index >= 15 is 0 Å². The van der Waals surface area contributed by atoms with Crippen LogP contribution >= 0.6 is 17.1 Å². The van der Waals surface area contributed by atoms with Crippen LogP contribution < -0.4 is 0 Å². The van der Waals surface area contributed by atoms with Crippen molar-refractivity contribution in [2.24, 2.45) is 0 Å². The molecule has 0 saturated carbocycles. The second kappa shape index (κ2) is 3.58. The van der Waals surface area contributed by atoms with Gasteiger partial charge in [-0.1, -0.05) is 0 Å². The van der Waals surface area contributed by atoms with Gasteiger partial charge in [-0.3, -0.25) is 0 Å². The molecule has 0 bridgehead atoms. The molecule has 0 saturated heterocycles. The zero-order valence-corrected chi connectivity index (χ0v) is 5.77. The Morgan fingerprint density at radius 3 is 1.25 bits per heavy atom. The van der Waals surface area contributed by atoms with Crippen molar-refractivity contribution in [1.82, 2.24) is 0 Å². The summed E-state index contributed by atoms with van der Waals surface area (Å²) in [7, 11) is -6.84. The van der Waals surface area contributed by atoms with Crippen molar-refractivity contribution in [3.05, 3.63) is 0 Å². The Balaban J connectivity index is 3.46. The summed E-state index contributed by atoms with van der Waals surface area (Å²) in [5, 5.41) is -1.67. The molecule has 0 aromatic heterocycles. The van der Waals surface area contributed by atoms with Crippen molar-refractivity contribution in [3.63, 3.8) is 0 Å². The highest BCUT2D eigenvalue weighted by Gasteiger charge is 2.27. The maximum atomic E-state index is 11.3. The fourth-order valence-corrected chi connectivity index (χ4v) is 0.594. The summed E-state index contributed by atoms with van der Waals surface area (Å²) in [4.78, 5) is 0. The number of hydrogen-bond acceptors (Lipinski definition) is 0. The maximum absolute atomic E-state index is 11.3. The molecular formula is C2H4F4P2. The van der Waals surface area contributed by atoms with E-state index in [1.165, 1.54) is 0 Å². The molecule has 0 spiro atoms. The van der Waals surface area contributed by atoms with E-state index in [1.54, 1.807) is 0 Å². The molecule has 0 nitrogen and oxygen atoms in total. The molecule has 0 aromatic rings. The van der Waals surface area contributed by atoms with Crippen LogP contribution in [0.4, 0.5) is 16.8 Å². The van der Waals surface area contributed by atoms with Crippen molar-refractivity contribution in [1.29, 1.82) is 0 Å². The summed E-state index contributed by atoms with van der Waals surface area (Å²) >= 11 is 0. The van der Waals surface area contributed by atoms with Gasteiger partial charge >= 0.3 is 0 Å². The molecule has 0 fully saturated rings. The molecule has 0 atom stereocenters. The lowest BCUT2D eigenvalue weighted by molar-refractivity contribution is 0.700. The van der Waals surface area contributed by atoms with Gasteiger partial charge in [0.05, 0.1) is 0 Å². The van der Waals surface area contributed by atoms with Gasteiger partial charge in [0, 0.05) is 0 Å². The van der Waals surface area contributed by atoms with Crippen LogP contribution in [0.2, 0.25) is 0 Å². The van der Waals surface area contributed by atoms with E-state index in [9.17, 15) is 16.8 Å². The summed E-state index contributed by atoms with van der Waals surface area (Å²) in [6, 6.07) is 0. The lowest BCUT2D eigenvalue weighted by Gasteiger charge is -2.03. The molecular weight excluding hydrogens is 162 g/mol. The third kappa shape index (κ3) is 2.78. The zero-order chi connectivity index (χ0) is 6.73. The zero-order valence-electron chi connectivity index (χ0n) is 3.98. The van der Waals surface area contributed by atoms with Gasteiger partial charge in [0.25, 0.3) is 17.1 Å². The third-order valence-electron chi connectivity index (χ3n) is 0.565. The fraction of sp³-hybridized carbons (Fsp3) is 1.00. The molecule has 0 rings (SSSR count). The quantitative estimate of drug-likeness (QED) is 0.431. The van der Waals surface area contributed by atoms with E-state index in [-0.39, 0.29) is 0 Å². The van der Waals surface area contributed by atoms with E-state index < -0.39 is 22.5 Å². The van der Waals surface area contributed by atoms with E-state index in [0.717, 1.165) is 6.92 Å². The van der Waals surface area contributed by atoms with Crippen LogP contribution in [0.3, 0.4) is 0 Å². The van der Waals surface area contributed by atoms with Crippen molar-refractivity contribution in [2.75, 3.05) is 0 Å². The summed E-state index contributed by atoms with van der Waals surface area (Å²) < 4.78 is 45.1. The van der Waals surface area contributed by atoms with Crippen LogP contribution in [0.15, 0.2) is 0 Å². The highest BCUT2D eigenvalue weighted by atomic mass is 31.2. The Kier molecular flexibility index (Phi) is 3.84. The second-order valence-corrected chi connectivity index (χ2v) is 4.14. The van der Waals surface area contributed by atoms with Crippen molar-refractivity contribution in [3.8, 4) is 0 Å². The highest BCUT2D eigenvalue weighted by molar-refractivity contribution is 7.65. The molecule has 8 heavy (non-hydrogen) atoms. The Hall–Kier alpha value is 0.580. The molecule has 0 aliphatic carbocycles. The largest absolute Gasteiger partial charge is 0.278 e. The van der Waals surface area contributed by atoms with E-state index in [1.807, 2.05) is 0 Å². The van der Waals surface area contributed by atoms with Crippen LogP contribution in [0, 0.1) is 0 Å². The Morgan fingerprint density at radius 1 is 1.00 bits per heavy atom. The monoisotopic (exact) mass is 166 g/mol. The van der Waals surface area contributed by atoms with Gasteiger partial charge in [-0.15, -0.1) is 0 Å². The standard InChI is InChI=1S/C2H4F4P2/c1-2(7(3)4)8(5)6/h2H,1H3. The summed E-state index contributed by atoms with van der Waals surface area (Å²) in [5.41, 5.74) is 0.